The zero-order valence-electron chi connectivity index (χ0n) is 20.7. The minimum Gasteiger partial charge on any atom is -0.325 e. The van der Waals surface area contributed by atoms with Crippen LogP contribution in [0, 0.1) is 18.7 Å². The molecule has 196 valence electrons. The second-order valence-electron chi connectivity index (χ2n) is 9.48. The predicted octanol–water partition coefficient (Wildman–Crippen LogP) is 4.79. The Bertz CT molecular complexity index is 1650. The van der Waals surface area contributed by atoms with Crippen molar-refractivity contribution in [1.82, 2.24) is 4.57 Å². The molecule has 7 nitrogen and oxygen atoms in total. The van der Waals surface area contributed by atoms with Gasteiger partial charge in [0.15, 0.2) is 0 Å². The van der Waals surface area contributed by atoms with Crippen molar-refractivity contribution in [2.75, 3.05) is 10.2 Å². The number of nitrogens with one attached hydrogen (secondary N) is 1. The molecule has 0 unspecified atom stereocenters. The van der Waals surface area contributed by atoms with Crippen LogP contribution in [0.5, 0.6) is 0 Å². The lowest BCUT2D eigenvalue weighted by molar-refractivity contribution is -0.122. The van der Waals surface area contributed by atoms with E-state index in [1.54, 1.807) is 12.1 Å². The molecule has 2 aliphatic rings. The second-order valence-corrected chi connectivity index (χ2v) is 11.6. The highest BCUT2D eigenvalue weighted by Gasteiger charge is 2.56. The number of fused-ring (bicyclic) bond motifs is 2. The summed E-state index contributed by atoms with van der Waals surface area (Å²) in [6, 6.07) is 21.9. The number of carbonyl (C=O) groups excluding carboxylic acids is 3. The van der Waals surface area contributed by atoms with Crippen molar-refractivity contribution in [2.45, 2.75) is 29.7 Å². The van der Waals surface area contributed by atoms with Crippen molar-refractivity contribution >= 4 is 52.2 Å². The van der Waals surface area contributed by atoms with Gasteiger partial charge in [-0.2, -0.15) is 0 Å². The molecule has 3 aromatic carbocycles. The number of thiazole rings is 1. The first-order valence-corrected chi connectivity index (χ1v) is 14.0. The number of amides is 3. The standard InChI is InChI=1S/C29H22FN3O4S2/c1-16-7-13-20(14-8-16)33-26(35)23-22(17-5-3-2-4-6-17)25-28(38-24(23)27(33)36)32(29(37)39-25)15-21(34)31-19-11-9-18(30)10-12-19/h2-14,22-24H,15H2,1H3,(H,31,34)/t22-,23-,24+/m0/s1. The maximum Gasteiger partial charge on any atom is 0.308 e. The molecule has 1 N–H and O–H groups in total. The number of imide groups is 1. The van der Waals surface area contributed by atoms with Crippen LogP contribution in [0.4, 0.5) is 15.8 Å². The maximum absolute atomic E-state index is 13.8. The van der Waals surface area contributed by atoms with Gasteiger partial charge in [0.2, 0.25) is 17.7 Å². The highest BCUT2D eigenvalue weighted by atomic mass is 32.2. The molecule has 0 saturated carbocycles. The molecule has 3 atom stereocenters. The van der Waals surface area contributed by atoms with E-state index in [2.05, 4.69) is 5.32 Å². The van der Waals surface area contributed by atoms with Crippen molar-refractivity contribution in [3.8, 4) is 0 Å². The second kappa shape index (κ2) is 9.94. The van der Waals surface area contributed by atoms with Gasteiger partial charge in [0.25, 0.3) is 0 Å². The molecule has 0 aliphatic carbocycles. The van der Waals surface area contributed by atoms with Gasteiger partial charge in [-0.15, -0.1) is 0 Å². The first kappa shape index (κ1) is 25.3. The first-order valence-electron chi connectivity index (χ1n) is 12.3. The van der Waals surface area contributed by atoms with E-state index in [0.29, 0.717) is 21.3 Å². The van der Waals surface area contributed by atoms with E-state index in [4.69, 9.17) is 0 Å². The number of anilines is 2. The summed E-state index contributed by atoms with van der Waals surface area (Å²) in [5.41, 5.74) is 2.75. The first-order chi connectivity index (χ1) is 18.8. The Morgan fingerprint density at radius 3 is 2.31 bits per heavy atom. The van der Waals surface area contributed by atoms with E-state index in [-0.39, 0.29) is 23.2 Å². The lowest BCUT2D eigenvalue weighted by Crippen LogP contribution is -2.33. The average molecular weight is 560 g/mol. The number of thioether (sulfide) groups is 1. The summed E-state index contributed by atoms with van der Waals surface area (Å²) in [4.78, 5) is 55.2. The van der Waals surface area contributed by atoms with Crippen molar-refractivity contribution in [2.24, 2.45) is 5.92 Å². The fraction of sp³-hybridized carbons (Fsp3) is 0.172. The van der Waals surface area contributed by atoms with E-state index in [1.807, 2.05) is 49.4 Å². The Balaban J connectivity index is 1.39. The largest absolute Gasteiger partial charge is 0.325 e. The smallest absolute Gasteiger partial charge is 0.308 e. The van der Waals surface area contributed by atoms with Crippen LogP contribution in [-0.4, -0.2) is 27.5 Å². The van der Waals surface area contributed by atoms with Gasteiger partial charge in [-0.1, -0.05) is 71.1 Å². The molecule has 0 bridgehead atoms. The third kappa shape index (κ3) is 4.49. The number of hydrogen-bond donors (Lipinski definition) is 1. The van der Waals surface area contributed by atoms with Crippen molar-refractivity contribution in [1.29, 1.82) is 0 Å². The van der Waals surface area contributed by atoms with Gasteiger partial charge in [-0.05, 0) is 48.9 Å². The van der Waals surface area contributed by atoms with E-state index in [0.717, 1.165) is 22.5 Å². The highest BCUT2D eigenvalue weighted by Crippen LogP contribution is 2.53. The van der Waals surface area contributed by atoms with E-state index in [1.165, 1.54) is 45.5 Å². The topological polar surface area (TPSA) is 88.5 Å². The molecule has 0 radical (unpaired) electrons. The molecule has 4 aromatic rings. The molecule has 6 rings (SSSR count). The van der Waals surface area contributed by atoms with Gasteiger partial charge in [0.05, 0.1) is 16.6 Å². The molecule has 1 saturated heterocycles. The quantitative estimate of drug-likeness (QED) is 0.355. The normalized spacial score (nSPS) is 20.1. The number of rotatable bonds is 5. The van der Waals surface area contributed by atoms with E-state index >= 15 is 0 Å². The molecular weight excluding hydrogens is 537 g/mol. The van der Waals surface area contributed by atoms with Gasteiger partial charge >= 0.3 is 4.87 Å². The number of nitrogens with zero attached hydrogens (tertiary/aromatic N) is 2. The summed E-state index contributed by atoms with van der Waals surface area (Å²) in [5.74, 6) is -2.74. The highest BCUT2D eigenvalue weighted by molar-refractivity contribution is 8.00. The summed E-state index contributed by atoms with van der Waals surface area (Å²) < 4.78 is 14.6. The van der Waals surface area contributed by atoms with Crippen LogP contribution < -0.4 is 15.1 Å². The molecular formula is C29H22FN3O4S2. The SMILES string of the molecule is Cc1ccc(N2C(=O)[C@H]3[C@H](c4ccccc4)c4sc(=O)n(CC(=O)Nc5ccc(F)cc5)c4S[C@H]3C2=O)cc1. The number of benzene rings is 3. The molecule has 3 heterocycles. The van der Waals surface area contributed by atoms with E-state index in [9.17, 15) is 23.6 Å². The van der Waals surface area contributed by atoms with Crippen molar-refractivity contribution < 1.29 is 18.8 Å². The van der Waals surface area contributed by atoms with Crippen LogP contribution in [-0.2, 0) is 20.9 Å². The number of halogens is 1. The average Bonchev–Trinajstić information content (AvgIpc) is 3.37. The maximum atomic E-state index is 13.8. The zero-order valence-corrected chi connectivity index (χ0v) is 22.3. The minimum atomic E-state index is -0.753. The Morgan fingerprint density at radius 2 is 1.62 bits per heavy atom. The van der Waals surface area contributed by atoms with Crippen LogP contribution in [0.3, 0.4) is 0 Å². The van der Waals surface area contributed by atoms with Crippen LogP contribution in [0.15, 0.2) is 88.7 Å². The van der Waals surface area contributed by atoms with Gasteiger partial charge in [0, 0.05) is 16.5 Å². The van der Waals surface area contributed by atoms with Crippen LogP contribution in [0.1, 0.15) is 21.9 Å². The van der Waals surface area contributed by atoms with Crippen molar-refractivity contribution in [3.63, 3.8) is 0 Å². The fourth-order valence-corrected chi connectivity index (χ4v) is 7.87. The number of aromatic nitrogens is 1. The Kier molecular flexibility index (Phi) is 6.44. The Labute approximate surface area is 231 Å². The van der Waals surface area contributed by atoms with Crippen LogP contribution >= 0.6 is 23.1 Å². The number of aryl methyl sites for hydroxylation is 1. The number of hydrogen-bond acceptors (Lipinski definition) is 6. The molecule has 2 aliphatic heterocycles. The summed E-state index contributed by atoms with van der Waals surface area (Å²) in [7, 11) is 0. The summed E-state index contributed by atoms with van der Waals surface area (Å²) in [6.45, 7) is 1.65. The zero-order chi connectivity index (χ0) is 27.3. The van der Waals surface area contributed by atoms with Crippen LogP contribution in [0.25, 0.3) is 0 Å². The summed E-state index contributed by atoms with van der Waals surface area (Å²) in [6.07, 6.45) is 0. The van der Waals surface area contributed by atoms with Gasteiger partial charge in [0.1, 0.15) is 17.6 Å². The van der Waals surface area contributed by atoms with Crippen LogP contribution in [0.2, 0.25) is 0 Å². The fourth-order valence-electron chi connectivity index (χ4n) is 5.10. The molecule has 3 amide bonds. The third-order valence-electron chi connectivity index (χ3n) is 6.93. The third-order valence-corrected chi connectivity index (χ3v) is 9.53. The van der Waals surface area contributed by atoms with Crippen molar-refractivity contribution in [3.05, 3.63) is 110 Å². The van der Waals surface area contributed by atoms with Gasteiger partial charge < -0.3 is 5.32 Å². The Morgan fingerprint density at radius 1 is 0.923 bits per heavy atom. The predicted molar refractivity (Wildman–Crippen MR) is 149 cm³/mol. The Hall–Kier alpha value is -4.02. The van der Waals surface area contributed by atoms with Gasteiger partial charge in [-0.25, -0.2) is 9.29 Å². The summed E-state index contributed by atoms with van der Waals surface area (Å²) in [5, 5.41) is 2.44. The molecule has 0 spiro atoms. The monoisotopic (exact) mass is 559 g/mol. The minimum absolute atomic E-state index is 0.280. The molecule has 10 heteroatoms. The molecule has 1 fully saturated rings. The lowest BCUT2D eigenvalue weighted by Gasteiger charge is -2.30. The summed E-state index contributed by atoms with van der Waals surface area (Å²) >= 11 is 2.17. The van der Waals surface area contributed by atoms with E-state index < -0.39 is 28.8 Å². The lowest BCUT2D eigenvalue weighted by atomic mass is 9.83. The van der Waals surface area contributed by atoms with Gasteiger partial charge in [-0.3, -0.25) is 23.7 Å². The molecule has 1 aromatic heterocycles. The number of carbonyl (C=O) groups is 3. The molecule has 39 heavy (non-hydrogen) atoms.